The van der Waals surface area contributed by atoms with Crippen molar-refractivity contribution >= 4 is 38.3 Å². The zero-order chi connectivity index (χ0) is 25.1. The third-order valence-corrected chi connectivity index (χ3v) is 8.14. The van der Waals surface area contributed by atoms with Crippen molar-refractivity contribution in [1.29, 1.82) is 0 Å². The van der Waals surface area contributed by atoms with E-state index in [0.29, 0.717) is 13.2 Å². The maximum atomic E-state index is 12.9. The van der Waals surface area contributed by atoms with Gasteiger partial charge in [-0.15, -0.1) is 0 Å². The molecule has 0 amide bonds. The molecule has 0 radical (unpaired) electrons. The van der Waals surface area contributed by atoms with Crippen LogP contribution in [0.2, 0.25) is 0 Å². The third kappa shape index (κ3) is 5.04. The van der Waals surface area contributed by atoms with Crippen molar-refractivity contribution < 1.29 is 9.84 Å². The fourth-order valence-electron chi connectivity index (χ4n) is 5.06. The highest BCUT2D eigenvalue weighted by Crippen LogP contribution is 2.30. The zero-order valence-electron chi connectivity index (χ0n) is 21.1. The average molecular weight is 507 g/mol. The molecule has 1 aliphatic heterocycles. The van der Waals surface area contributed by atoms with E-state index in [1.807, 2.05) is 13.8 Å². The molecule has 0 unspecified atom stereocenters. The summed E-state index contributed by atoms with van der Waals surface area (Å²) in [4.78, 5) is 17.9. The molecule has 1 saturated heterocycles. The lowest BCUT2D eigenvalue weighted by atomic mass is 10.0. The number of benzene rings is 2. The molecule has 1 fully saturated rings. The lowest BCUT2D eigenvalue weighted by molar-refractivity contribution is 0.0871. The monoisotopic (exact) mass is 506 g/mol. The Morgan fingerprint density at radius 3 is 2.58 bits per heavy atom. The van der Waals surface area contributed by atoms with Crippen LogP contribution in [0.4, 0.5) is 5.82 Å². The van der Waals surface area contributed by atoms with Crippen LogP contribution in [0.3, 0.4) is 0 Å². The molecule has 4 aromatic rings. The van der Waals surface area contributed by atoms with Crippen molar-refractivity contribution in [2.75, 3.05) is 57.4 Å². The second-order valence-corrected chi connectivity index (χ2v) is 10.3. The smallest absolute Gasteiger partial charge is 0.254 e. The predicted molar refractivity (Wildman–Crippen MR) is 148 cm³/mol. The highest BCUT2D eigenvalue weighted by molar-refractivity contribution is 7.13. The fourth-order valence-corrected chi connectivity index (χ4v) is 5.86. The highest BCUT2D eigenvalue weighted by atomic mass is 32.1. The van der Waals surface area contributed by atoms with Crippen molar-refractivity contribution in [3.63, 3.8) is 0 Å². The van der Waals surface area contributed by atoms with Gasteiger partial charge in [0, 0.05) is 55.6 Å². The maximum absolute atomic E-state index is 12.9. The molecule has 0 saturated carbocycles. The van der Waals surface area contributed by atoms with E-state index in [1.54, 1.807) is 16.1 Å². The molecule has 0 bridgehead atoms. The molecule has 8 heteroatoms. The predicted octanol–water partition coefficient (Wildman–Crippen LogP) is 3.60. The lowest BCUT2D eigenvalue weighted by Gasteiger charge is -2.35. The number of aliphatic hydroxyl groups excluding tert-OH is 1. The Balaban J connectivity index is 1.24. The summed E-state index contributed by atoms with van der Waals surface area (Å²) < 4.78 is 13.2. The number of ether oxygens (including phenoxy) is 1. The van der Waals surface area contributed by atoms with E-state index in [2.05, 4.69) is 52.3 Å². The molecule has 0 atom stereocenters. The van der Waals surface area contributed by atoms with Gasteiger partial charge < -0.3 is 19.3 Å². The van der Waals surface area contributed by atoms with Gasteiger partial charge in [-0.1, -0.05) is 18.2 Å². The maximum Gasteiger partial charge on any atom is 0.254 e. The minimum atomic E-state index is -0.0112. The van der Waals surface area contributed by atoms with E-state index in [9.17, 15) is 4.79 Å². The number of aromatic nitrogens is 2. The van der Waals surface area contributed by atoms with Gasteiger partial charge in [0.05, 0.1) is 30.0 Å². The summed E-state index contributed by atoms with van der Waals surface area (Å²) in [5, 5.41) is 11.3. The average Bonchev–Trinajstić information content (AvgIpc) is 3.35. The summed E-state index contributed by atoms with van der Waals surface area (Å²) in [7, 11) is 0. The molecular formula is C28H34N4O3S. The number of hydrogen-bond acceptors (Lipinski definition) is 7. The molecule has 0 spiro atoms. The minimum Gasteiger partial charge on any atom is -0.394 e. The van der Waals surface area contributed by atoms with E-state index < -0.39 is 0 Å². The van der Waals surface area contributed by atoms with Crippen LogP contribution in [0.5, 0.6) is 0 Å². The van der Waals surface area contributed by atoms with E-state index in [-0.39, 0.29) is 18.8 Å². The fraction of sp³-hybridized carbons (Fsp3) is 0.429. The number of hydrogen-bond donors (Lipinski definition) is 1. The first-order valence-corrected chi connectivity index (χ1v) is 13.5. The van der Waals surface area contributed by atoms with Gasteiger partial charge in [-0.25, -0.2) is 0 Å². The first kappa shape index (κ1) is 24.9. The van der Waals surface area contributed by atoms with E-state index in [4.69, 9.17) is 14.2 Å². The molecule has 36 heavy (non-hydrogen) atoms. The lowest BCUT2D eigenvalue weighted by Crippen LogP contribution is -2.47. The summed E-state index contributed by atoms with van der Waals surface area (Å²) >= 11 is 1.58. The Kier molecular flexibility index (Phi) is 7.67. The van der Waals surface area contributed by atoms with Crippen LogP contribution in [0.1, 0.15) is 16.7 Å². The molecular weight excluding hydrogens is 472 g/mol. The zero-order valence-corrected chi connectivity index (χ0v) is 21.9. The van der Waals surface area contributed by atoms with E-state index in [1.165, 1.54) is 15.6 Å². The molecule has 190 valence electrons. The summed E-state index contributed by atoms with van der Waals surface area (Å²) in [5.41, 5.74) is 4.11. The number of rotatable bonds is 9. The Bertz CT molecular complexity index is 1410. The quantitative estimate of drug-likeness (QED) is 0.350. The molecule has 2 aromatic carbocycles. The van der Waals surface area contributed by atoms with Crippen molar-refractivity contribution in [1.82, 2.24) is 13.8 Å². The van der Waals surface area contributed by atoms with Gasteiger partial charge >= 0.3 is 0 Å². The summed E-state index contributed by atoms with van der Waals surface area (Å²) in [5.74, 6) is 1.13. The van der Waals surface area contributed by atoms with Gasteiger partial charge in [-0.05, 0) is 67.2 Å². The summed E-state index contributed by atoms with van der Waals surface area (Å²) in [6.45, 7) is 10.2. The second-order valence-electron chi connectivity index (χ2n) is 9.48. The van der Waals surface area contributed by atoms with Crippen LogP contribution < -0.4 is 10.5 Å². The molecule has 1 N–H and O–H groups in total. The van der Waals surface area contributed by atoms with Crippen molar-refractivity contribution in [2.24, 2.45) is 0 Å². The highest BCUT2D eigenvalue weighted by Gasteiger charge is 2.20. The molecule has 0 aliphatic carbocycles. The summed E-state index contributed by atoms with van der Waals surface area (Å²) in [6.07, 6.45) is 0.979. The van der Waals surface area contributed by atoms with Gasteiger partial charge in [0.15, 0.2) is 0 Å². The topological polar surface area (TPSA) is 70.8 Å². The van der Waals surface area contributed by atoms with Crippen molar-refractivity contribution in [3.8, 4) is 0 Å². The number of anilines is 1. The van der Waals surface area contributed by atoms with E-state index in [0.717, 1.165) is 67.0 Å². The first-order chi connectivity index (χ1) is 17.6. The molecule has 5 rings (SSSR count). The SMILES string of the molecule is Cc1c(C)c2cc(CCN3CCN(c4nsc5ccccc45)CC3)ccc2n(CCOCCO)c1=O. The van der Waals surface area contributed by atoms with Gasteiger partial charge in [0.25, 0.3) is 5.56 Å². The normalized spacial score (nSPS) is 14.8. The number of aryl methyl sites for hydroxylation is 1. The molecule has 1 aliphatic rings. The molecule has 2 aromatic heterocycles. The molecule has 3 heterocycles. The largest absolute Gasteiger partial charge is 0.394 e. The number of nitrogens with zero attached hydrogens (tertiary/aromatic N) is 4. The number of pyridine rings is 1. The van der Waals surface area contributed by atoms with Crippen LogP contribution in [-0.2, 0) is 17.7 Å². The summed E-state index contributed by atoms with van der Waals surface area (Å²) in [6, 6.07) is 15.0. The number of piperazine rings is 1. The van der Waals surface area contributed by atoms with Gasteiger partial charge in [-0.3, -0.25) is 9.69 Å². The van der Waals surface area contributed by atoms with Gasteiger partial charge in [-0.2, -0.15) is 4.37 Å². The standard InChI is InChI=1S/C28H34N4O3S/c1-20-21(2)28(34)32(15-17-35-18-16-33)25-8-7-22(19-24(20)25)9-10-30-11-13-31(14-12-30)27-23-5-3-4-6-26(23)36-29-27/h3-8,19,33H,9-18H2,1-2H3. The van der Waals surface area contributed by atoms with Crippen LogP contribution >= 0.6 is 11.5 Å². The van der Waals surface area contributed by atoms with Crippen LogP contribution in [0.25, 0.3) is 21.0 Å². The Hall–Kier alpha value is -2.78. The van der Waals surface area contributed by atoms with Gasteiger partial charge in [0.1, 0.15) is 5.82 Å². The minimum absolute atomic E-state index is 0.0112. The third-order valence-electron chi connectivity index (χ3n) is 7.33. The Morgan fingerprint density at radius 2 is 1.78 bits per heavy atom. The van der Waals surface area contributed by atoms with Crippen molar-refractivity contribution in [3.05, 3.63) is 69.5 Å². The van der Waals surface area contributed by atoms with Gasteiger partial charge in [0.2, 0.25) is 0 Å². The Labute approximate surface area is 215 Å². The van der Waals surface area contributed by atoms with E-state index >= 15 is 0 Å². The van der Waals surface area contributed by atoms with Crippen LogP contribution in [-0.4, -0.2) is 71.5 Å². The van der Waals surface area contributed by atoms with Crippen molar-refractivity contribution in [2.45, 2.75) is 26.8 Å². The number of fused-ring (bicyclic) bond motifs is 2. The van der Waals surface area contributed by atoms with Crippen LogP contribution in [0.15, 0.2) is 47.3 Å². The Morgan fingerprint density at radius 1 is 0.972 bits per heavy atom. The van der Waals surface area contributed by atoms with Crippen LogP contribution in [0, 0.1) is 13.8 Å². The number of aliphatic hydroxyl groups is 1. The molecule has 7 nitrogen and oxygen atoms in total. The first-order valence-electron chi connectivity index (χ1n) is 12.7. The second kappa shape index (κ2) is 11.1.